The van der Waals surface area contributed by atoms with E-state index in [9.17, 15) is 0 Å². The largest absolute Gasteiger partial charge is 0.382 e. The molecule has 0 aliphatic carbocycles. The van der Waals surface area contributed by atoms with Gasteiger partial charge in [0.05, 0.1) is 0 Å². The van der Waals surface area contributed by atoms with Crippen LogP contribution in [0.2, 0.25) is 0 Å². The number of nitrogen functional groups attached to an aromatic ring is 1. The molecule has 0 spiro atoms. The molecule has 2 aromatic rings. The van der Waals surface area contributed by atoms with Crippen molar-refractivity contribution in [3.05, 3.63) is 35.7 Å². The number of aromatic amines is 1. The van der Waals surface area contributed by atoms with E-state index < -0.39 is 0 Å². The van der Waals surface area contributed by atoms with Crippen molar-refractivity contribution in [1.29, 1.82) is 0 Å². The number of rotatable bonds is 3. The van der Waals surface area contributed by atoms with Crippen LogP contribution >= 0.6 is 0 Å². The van der Waals surface area contributed by atoms with E-state index in [0.717, 1.165) is 11.5 Å². The second-order valence-electron chi connectivity index (χ2n) is 4.49. The summed E-state index contributed by atoms with van der Waals surface area (Å²) in [6.07, 6.45) is 0. The molecule has 0 atom stereocenters. The number of imidazole rings is 1. The van der Waals surface area contributed by atoms with Gasteiger partial charge in [-0.3, -0.25) is 0 Å². The number of H-pyrrole nitrogens is 1. The number of nitrogens with one attached hydrogen (secondary N) is 2. The summed E-state index contributed by atoms with van der Waals surface area (Å²) in [7, 11) is 0. The highest BCUT2D eigenvalue weighted by molar-refractivity contribution is 5.66. The smallest absolute Gasteiger partial charge is 0.173 e. The van der Waals surface area contributed by atoms with Crippen molar-refractivity contribution >= 4 is 17.3 Å². The Morgan fingerprint density at radius 3 is 2.71 bits per heavy atom. The second kappa shape index (κ2) is 4.49. The van der Waals surface area contributed by atoms with Crippen LogP contribution < -0.4 is 11.1 Å². The average molecular weight is 230 g/mol. The van der Waals surface area contributed by atoms with Gasteiger partial charge in [0.1, 0.15) is 11.6 Å². The Morgan fingerprint density at radius 2 is 2.12 bits per heavy atom. The molecule has 4 nitrogen and oxygen atoms in total. The van der Waals surface area contributed by atoms with Crippen molar-refractivity contribution in [2.75, 3.05) is 11.1 Å². The summed E-state index contributed by atoms with van der Waals surface area (Å²) in [6, 6.07) is 8.28. The van der Waals surface area contributed by atoms with Crippen LogP contribution in [0.3, 0.4) is 0 Å². The summed E-state index contributed by atoms with van der Waals surface area (Å²) in [5.74, 6) is 2.57. The minimum atomic E-state index is 0.509. The van der Waals surface area contributed by atoms with Gasteiger partial charge in [-0.05, 0) is 30.5 Å². The third-order valence-electron chi connectivity index (χ3n) is 2.67. The molecular weight excluding hydrogens is 212 g/mol. The second-order valence-corrected chi connectivity index (χ2v) is 4.49. The SMILES string of the molecule is Cc1nc(Nc2cccc(C(C)C)c2)c(N)[nH]1. The summed E-state index contributed by atoms with van der Waals surface area (Å²) in [6.45, 7) is 6.23. The van der Waals surface area contributed by atoms with Crippen molar-refractivity contribution in [2.45, 2.75) is 26.7 Å². The lowest BCUT2D eigenvalue weighted by molar-refractivity contribution is 0.867. The number of aryl methyl sites for hydroxylation is 1. The molecule has 4 heteroatoms. The Labute approximate surface area is 101 Å². The monoisotopic (exact) mass is 230 g/mol. The number of hydrogen-bond acceptors (Lipinski definition) is 3. The highest BCUT2D eigenvalue weighted by Crippen LogP contribution is 2.23. The molecular formula is C13H18N4. The van der Waals surface area contributed by atoms with Crippen molar-refractivity contribution < 1.29 is 0 Å². The van der Waals surface area contributed by atoms with Gasteiger partial charge in [0.25, 0.3) is 0 Å². The van der Waals surface area contributed by atoms with Crippen LogP contribution in [0.5, 0.6) is 0 Å². The highest BCUT2D eigenvalue weighted by Gasteiger charge is 2.06. The number of benzene rings is 1. The van der Waals surface area contributed by atoms with E-state index in [1.165, 1.54) is 5.56 Å². The maximum atomic E-state index is 5.81. The van der Waals surface area contributed by atoms with E-state index in [2.05, 4.69) is 41.3 Å². The van der Waals surface area contributed by atoms with Crippen LogP contribution in [0.25, 0.3) is 0 Å². The van der Waals surface area contributed by atoms with Gasteiger partial charge in [-0.15, -0.1) is 0 Å². The molecule has 0 bridgehead atoms. The van der Waals surface area contributed by atoms with Gasteiger partial charge in [-0.1, -0.05) is 26.0 Å². The van der Waals surface area contributed by atoms with Crippen LogP contribution in [0.15, 0.2) is 24.3 Å². The number of nitrogens with two attached hydrogens (primary N) is 1. The molecule has 0 saturated heterocycles. The molecule has 0 radical (unpaired) electrons. The fourth-order valence-electron chi connectivity index (χ4n) is 1.72. The first kappa shape index (κ1) is 11.5. The summed E-state index contributed by atoms with van der Waals surface area (Å²) in [5.41, 5.74) is 8.11. The average Bonchev–Trinajstić information content (AvgIpc) is 2.58. The van der Waals surface area contributed by atoms with E-state index in [4.69, 9.17) is 5.73 Å². The normalized spacial score (nSPS) is 10.8. The topological polar surface area (TPSA) is 66.7 Å². The predicted octanol–water partition coefficient (Wildman–Crippen LogP) is 3.17. The molecule has 1 aromatic heterocycles. The molecule has 4 N–H and O–H groups in total. The molecule has 1 aromatic carbocycles. The van der Waals surface area contributed by atoms with Gasteiger partial charge in [0, 0.05) is 5.69 Å². The lowest BCUT2D eigenvalue weighted by Crippen LogP contribution is -1.96. The molecule has 17 heavy (non-hydrogen) atoms. The highest BCUT2D eigenvalue weighted by atomic mass is 15.1. The summed E-state index contributed by atoms with van der Waals surface area (Å²) in [4.78, 5) is 7.26. The fraction of sp³-hybridized carbons (Fsp3) is 0.308. The molecule has 0 aliphatic rings. The van der Waals surface area contributed by atoms with Crippen molar-refractivity contribution in [3.63, 3.8) is 0 Å². The van der Waals surface area contributed by atoms with Crippen LogP contribution in [-0.4, -0.2) is 9.97 Å². The third-order valence-corrected chi connectivity index (χ3v) is 2.67. The Balaban J connectivity index is 2.24. The quantitative estimate of drug-likeness (QED) is 0.758. The van der Waals surface area contributed by atoms with E-state index in [1.54, 1.807) is 0 Å². The van der Waals surface area contributed by atoms with E-state index >= 15 is 0 Å². The Morgan fingerprint density at radius 1 is 1.35 bits per heavy atom. The van der Waals surface area contributed by atoms with E-state index in [1.807, 2.05) is 19.1 Å². The molecule has 0 amide bonds. The number of anilines is 3. The predicted molar refractivity (Wildman–Crippen MR) is 71.6 cm³/mol. The van der Waals surface area contributed by atoms with Crippen LogP contribution in [0.1, 0.15) is 31.2 Å². The lowest BCUT2D eigenvalue weighted by Gasteiger charge is -2.09. The third kappa shape index (κ3) is 2.58. The summed E-state index contributed by atoms with van der Waals surface area (Å²) in [5, 5.41) is 3.22. The summed E-state index contributed by atoms with van der Waals surface area (Å²) >= 11 is 0. The number of nitrogens with zero attached hydrogens (tertiary/aromatic N) is 1. The first-order chi connectivity index (χ1) is 8.06. The van der Waals surface area contributed by atoms with Crippen molar-refractivity contribution in [1.82, 2.24) is 9.97 Å². The van der Waals surface area contributed by atoms with E-state index in [0.29, 0.717) is 17.6 Å². The molecule has 0 fully saturated rings. The molecule has 0 unspecified atom stereocenters. The zero-order chi connectivity index (χ0) is 12.4. The van der Waals surface area contributed by atoms with Crippen LogP contribution in [0, 0.1) is 6.92 Å². The maximum absolute atomic E-state index is 5.81. The Hall–Kier alpha value is -1.97. The van der Waals surface area contributed by atoms with Crippen LogP contribution in [0.4, 0.5) is 17.3 Å². The number of aromatic nitrogens is 2. The maximum Gasteiger partial charge on any atom is 0.173 e. The Bertz CT molecular complexity index is 514. The van der Waals surface area contributed by atoms with Gasteiger partial charge in [-0.2, -0.15) is 0 Å². The van der Waals surface area contributed by atoms with Gasteiger partial charge < -0.3 is 16.0 Å². The zero-order valence-corrected chi connectivity index (χ0v) is 10.4. The number of hydrogen-bond donors (Lipinski definition) is 3. The fourth-order valence-corrected chi connectivity index (χ4v) is 1.72. The Kier molecular flexibility index (Phi) is 3.04. The van der Waals surface area contributed by atoms with E-state index in [-0.39, 0.29) is 0 Å². The van der Waals surface area contributed by atoms with Crippen molar-refractivity contribution in [2.24, 2.45) is 0 Å². The molecule has 0 saturated carbocycles. The molecule has 1 heterocycles. The molecule has 0 aliphatic heterocycles. The zero-order valence-electron chi connectivity index (χ0n) is 10.4. The van der Waals surface area contributed by atoms with Crippen LogP contribution in [-0.2, 0) is 0 Å². The lowest BCUT2D eigenvalue weighted by atomic mass is 10.0. The van der Waals surface area contributed by atoms with Gasteiger partial charge in [0.15, 0.2) is 5.82 Å². The van der Waals surface area contributed by atoms with Gasteiger partial charge in [-0.25, -0.2) is 4.98 Å². The van der Waals surface area contributed by atoms with Gasteiger partial charge >= 0.3 is 0 Å². The minimum absolute atomic E-state index is 0.509. The van der Waals surface area contributed by atoms with Crippen molar-refractivity contribution in [3.8, 4) is 0 Å². The first-order valence-electron chi connectivity index (χ1n) is 5.75. The minimum Gasteiger partial charge on any atom is -0.382 e. The molecule has 90 valence electrons. The standard InChI is InChI=1S/C13H18N4/c1-8(2)10-5-4-6-11(7-10)17-13-12(14)15-9(3)16-13/h4-8,17H,14H2,1-3H3,(H,15,16). The first-order valence-corrected chi connectivity index (χ1v) is 5.75. The van der Waals surface area contributed by atoms with Gasteiger partial charge in [0.2, 0.25) is 0 Å². The summed E-state index contributed by atoms with van der Waals surface area (Å²) < 4.78 is 0. The molecule has 2 rings (SSSR count).